The summed E-state index contributed by atoms with van der Waals surface area (Å²) < 4.78 is 5.10. The highest BCUT2D eigenvalue weighted by Gasteiger charge is 2.21. The minimum Gasteiger partial charge on any atom is -0.462 e. The van der Waals surface area contributed by atoms with Gasteiger partial charge in [0.2, 0.25) is 5.91 Å². The fourth-order valence-electron chi connectivity index (χ4n) is 2.42. The Hall–Kier alpha value is -1.36. The first kappa shape index (κ1) is 19.7. The third-order valence-electron chi connectivity index (χ3n) is 3.88. The predicted octanol–water partition coefficient (Wildman–Crippen LogP) is 5.23. The number of amides is 1. The molecule has 1 aromatic heterocycles. The Morgan fingerprint density at radius 1 is 1.04 bits per heavy atom. The molecule has 0 saturated carbocycles. The van der Waals surface area contributed by atoms with Crippen molar-refractivity contribution in [2.75, 3.05) is 11.9 Å². The van der Waals surface area contributed by atoms with E-state index in [0.717, 1.165) is 23.3 Å². The molecule has 5 heteroatoms. The zero-order chi connectivity index (χ0) is 17.2. The monoisotopic (exact) mass is 339 g/mol. The molecule has 130 valence electrons. The molecule has 1 amide bonds. The molecule has 1 N–H and O–H groups in total. The Morgan fingerprint density at radius 3 is 2.35 bits per heavy atom. The lowest BCUT2D eigenvalue weighted by Gasteiger charge is -2.07. The smallest absolute Gasteiger partial charge is 0.341 e. The summed E-state index contributed by atoms with van der Waals surface area (Å²) in [6.07, 6.45) is 7.41. The third-order valence-corrected chi connectivity index (χ3v) is 5.00. The van der Waals surface area contributed by atoms with Crippen molar-refractivity contribution in [3.05, 3.63) is 16.0 Å². The molecule has 0 bridgehead atoms. The lowest BCUT2D eigenvalue weighted by atomic mass is 10.1. The normalized spacial score (nSPS) is 10.6. The van der Waals surface area contributed by atoms with Crippen LogP contribution in [0.5, 0.6) is 0 Å². The van der Waals surface area contributed by atoms with E-state index in [1.807, 2.05) is 13.8 Å². The van der Waals surface area contributed by atoms with Crippen LogP contribution in [-0.4, -0.2) is 18.5 Å². The summed E-state index contributed by atoms with van der Waals surface area (Å²) in [6, 6.07) is 0. The molecule has 0 atom stereocenters. The minimum absolute atomic E-state index is 0.0210. The number of hydrogen-bond donors (Lipinski definition) is 1. The van der Waals surface area contributed by atoms with E-state index in [2.05, 4.69) is 12.2 Å². The lowest BCUT2D eigenvalue weighted by molar-refractivity contribution is -0.116. The van der Waals surface area contributed by atoms with E-state index in [9.17, 15) is 9.59 Å². The second-order valence-corrected chi connectivity index (χ2v) is 7.00. The van der Waals surface area contributed by atoms with Crippen LogP contribution in [0.15, 0.2) is 0 Å². The number of rotatable bonds is 10. The van der Waals surface area contributed by atoms with Gasteiger partial charge in [0, 0.05) is 11.3 Å². The molecule has 1 heterocycles. The lowest BCUT2D eigenvalue weighted by Crippen LogP contribution is -2.14. The van der Waals surface area contributed by atoms with Gasteiger partial charge < -0.3 is 10.1 Å². The average molecular weight is 340 g/mol. The van der Waals surface area contributed by atoms with E-state index in [4.69, 9.17) is 4.74 Å². The van der Waals surface area contributed by atoms with Crippen LogP contribution in [0.25, 0.3) is 0 Å². The highest BCUT2D eigenvalue weighted by molar-refractivity contribution is 7.16. The van der Waals surface area contributed by atoms with Crippen LogP contribution in [0, 0.1) is 13.8 Å². The van der Waals surface area contributed by atoms with Crippen molar-refractivity contribution in [2.24, 2.45) is 0 Å². The second-order valence-electron chi connectivity index (χ2n) is 5.77. The van der Waals surface area contributed by atoms with E-state index >= 15 is 0 Å². The van der Waals surface area contributed by atoms with Gasteiger partial charge in [-0.2, -0.15) is 0 Å². The van der Waals surface area contributed by atoms with Crippen molar-refractivity contribution in [2.45, 2.75) is 72.6 Å². The fraction of sp³-hybridized carbons (Fsp3) is 0.667. The minimum atomic E-state index is -0.357. The molecule has 0 aliphatic rings. The van der Waals surface area contributed by atoms with Crippen molar-refractivity contribution in [1.82, 2.24) is 0 Å². The number of aryl methyl sites for hydroxylation is 1. The van der Waals surface area contributed by atoms with Crippen molar-refractivity contribution < 1.29 is 14.3 Å². The van der Waals surface area contributed by atoms with E-state index in [-0.39, 0.29) is 11.9 Å². The topological polar surface area (TPSA) is 55.4 Å². The zero-order valence-electron chi connectivity index (χ0n) is 14.8. The van der Waals surface area contributed by atoms with Gasteiger partial charge in [0.1, 0.15) is 5.00 Å². The predicted molar refractivity (Wildman–Crippen MR) is 96.4 cm³/mol. The van der Waals surface area contributed by atoms with Gasteiger partial charge >= 0.3 is 5.97 Å². The molecule has 0 spiro atoms. The Balaban J connectivity index is 2.54. The molecule has 0 aliphatic heterocycles. The number of unbranched alkanes of at least 4 members (excludes halogenated alkanes) is 5. The number of anilines is 1. The molecule has 0 saturated heterocycles. The van der Waals surface area contributed by atoms with Crippen LogP contribution < -0.4 is 5.32 Å². The largest absolute Gasteiger partial charge is 0.462 e. The highest BCUT2D eigenvalue weighted by Crippen LogP contribution is 2.33. The summed E-state index contributed by atoms with van der Waals surface area (Å²) in [7, 11) is 0. The van der Waals surface area contributed by atoms with Crippen LogP contribution in [0.1, 0.15) is 79.6 Å². The SMILES string of the molecule is CCCCCCCCC(=O)Nc1sc(C)c(C)c1C(=O)OCC. The second kappa shape index (κ2) is 10.4. The summed E-state index contributed by atoms with van der Waals surface area (Å²) in [5.41, 5.74) is 1.40. The summed E-state index contributed by atoms with van der Waals surface area (Å²) in [5, 5.41) is 3.51. The van der Waals surface area contributed by atoms with E-state index in [1.54, 1.807) is 6.92 Å². The van der Waals surface area contributed by atoms with Gasteiger partial charge in [-0.25, -0.2) is 4.79 Å². The number of esters is 1. The van der Waals surface area contributed by atoms with Gasteiger partial charge in [-0.3, -0.25) is 4.79 Å². The standard InChI is InChI=1S/C18H29NO3S/c1-5-7-8-9-10-11-12-15(20)19-17-16(18(21)22-6-2)13(3)14(4)23-17/h5-12H2,1-4H3,(H,19,20). The summed E-state index contributed by atoms with van der Waals surface area (Å²) >= 11 is 1.44. The summed E-state index contributed by atoms with van der Waals surface area (Å²) in [6.45, 7) is 8.15. The molecular weight excluding hydrogens is 310 g/mol. The molecular formula is C18H29NO3S. The van der Waals surface area contributed by atoms with Crippen molar-refractivity contribution in [3.63, 3.8) is 0 Å². The first-order valence-corrected chi connectivity index (χ1v) is 9.39. The molecule has 1 aromatic rings. The maximum absolute atomic E-state index is 12.1. The van der Waals surface area contributed by atoms with Crippen LogP contribution in [0.2, 0.25) is 0 Å². The molecule has 0 radical (unpaired) electrons. The number of ether oxygens (including phenoxy) is 1. The Labute approximate surface area is 143 Å². The molecule has 0 aliphatic carbocycles. The summed E-state index contributed by atoms with van der Waals surface area (Å²) in [4.78, 5) is 25.2. The highest BCUT2D eigenvalue weighted by atomic mass is 32.1. The van der Waals surface area contributed by atoms with Gasteiger partial charge in [0.05, 0.1) is 12.2 Å². The first-order valence-electron chi connectivity index (χ1n) is 8.58. The van der Waals surface area contributed by atoms with E-state index < -0.39 is 0 Å². The number of hydrogen-bond acceptors (Lipinski definition) is 4. The van der Waals surface area contributed by atoms with Gasteiger partial charge in [-0.1, -0.05) is 39.0 Å². The van der Waals surface area contributed by atoms with Gasteiger partial charge in [-0.15, -0.1) is 11.3 Å². The number of nitrogens with one attached hydrogen (secondary N) is 1. The Morgan fingerprint density at radius 2 is 1.70 bits per heavy atom. The maximum Gasteiger partial charge on any atom is 0.341 e. The quantitative estimate of drug-likeness (QED) is 0.469. The molecule has 0 fully saturated rings. The summed E-state index contributed by atoms with van der Waals surface area (Å²) in [5.74, 6) is -0.378. The van der Waals surface area contributed by atoms with Crippen molar-refractivity contribution in [3.8, 4) is 0 Å². The Kier molecular flexibility index (Phi) is 8.92. The van der Waals surface area contributed by atoms with Crippen molar-refractivity contribution >= 4 is 28.2 Å². The fourth-order valence-corrected chi connectivity index (χ4v) is 3.48. The van der Waals surface area contributed by atoms with E-state index in [0.29, 0.717) is 23.6 Å². The zero-order valence-corrected chi connectivity index (χ0v) is 15.6. The third kappa shape index (κ3) is 6.34. The molecule has 23 heavy (non-hydrogen) atoms. The van der Waals surface area contributed by atoms with Crippen LogP contribution in [-0.2, 0) is 9.53 Å². The van der Waals surface area contributed by atoms with Crippen LogP contribution in [0.3, 0.4) is 0 Å². The number of carbonyl (C=O) groups excluding carboxylic acids is 2. The molecule has 0 aromatic carbocycles. The molecule has 1 rings (SSSR count). The molecule has 0 unspecified atom stereocenters. The number of carbonyl (C=O) groups is 2. The van der Waals surface area contributed by atoms with Gasteiger partial charge in [-0.05, 0) is 32.8 Å². The maximum atomic E-state index is 12.1. The average Bonchev–Trinajstić information content (AvgIpc) is 2.77. The Bertz CT molecular complexity index is 523. The van der Waals surface area contributed by atoms with Gasteiger partial charge in [0.25, 0.3) is 0 Å². The van der Waals surface area contributed by atoms with E-state index in [1.165, 1.54) is 37.0 Å². The number of thiophene rings is 1. The van der Waals surface area contributed by atoms with Gasteiger partial charge in [0.15, 0.2) is 0 Å². The molecule has 4 nitrogen and oxygen atoms in total. The van der Waals surface area contributed by atoms with Crippen molar-refractivity contribution in [1.29, 1.82) is 0 Å². The first-order chi connectivity index (χ1) is 11.0. The van der Waals surface area contributed by atoms with Crippen LogP contribution >= 0.6 is 11.3 Å². The van der Waals surface area contributed by atoms with Crippen LogP contribution in [0.4, 0.5) is 5.00 Å².